The molecule has 0 fully saturated rings. The number of carbonyl (C=O) groups is 3. The van der Waals surface area contributed by atoms with Gasteiger partial charge in [-0.25, -0.2) is 9.59 Å². The lowest BCUT2D eigenvalue weighted by Gasteiger charge is -2.16. The zero-order valence-corrected chi connectivity index (χ0v) is 14.4. The van der Waals surface area contributed by atoms with Crippen molar-refractivity contribution in [2.45, 2.75) is 32.8 Å². The summed E-state index contributed by atoms with van der Waals surface area (Å²) in [6.07, 6.45) is -0.482. The minimum absolute atomic E-state index is 0.0126. The highest BCUT2D eigenvalue weighted by atomic mass is 16.9. The molecule has 0 N–H and O–H groups in total. The molecule has 1 aliphatic heterocycles. The molecule has 0 radical (unpaired) electrons. The van der Waals surface area contributed by atoms with Gasteiger partial charge in [0.2, 0.25) is 0 Å². The average Bonchev–Trinajstić information content (AvgIpc) is 3.19. The Bertz CT molecular complexity index is 724. The van der Waals surface area contributed by atoms with Crippen LogP contribution in [0.5, 0.6) is 0 Å². The zero-order chi connectivity index (χ0) is 19.3. The third kappa shape index (κ3) is 3.60. The summed E-state index contributed by atoms with van der Waals surface area (Å²) in [5, 5.41) is 15.6. The van der Waals surface area contributed by atoms with Crippen LogP contribution in [0.4, 0.5) is 0 Å². The molecule has 2 heterocycles. The molecule has 0 aromatic carbocycles. The molecule has 0 unspecified atom stereocenters. The topological polar surface area (TPSA) is 140 Å². The molecular formula is C15H18N2O9. The number of carbonyl (C=O) groups excluding carboxylic acids is 3. The highest BCUT2D eigenvalue weighted by Crippen LogP contribution is 2.32. The second-order valence-corrected chi connectivity index (χ2v) is 4.96. The molecule has 0 saturated carbocycles. The van der Waals surface area contributed by atoms with Crippen molar-refractivity contribution >= 4 is 23.6 Å². The Balaban J connectivity index is 2.50. The quantitative estimate of drug-likeness (QED) is 0.374. The molecule has 1 aromatic heterocycles. The van der Waals surface area contributed by atoms with Crippen molar-refractivity contribution in [2.75, 3.05) is 19.8 Å². The van der Waals surface area contributed by atoms with E-state index in [0.717, 1.165) is 6.26 Å². The lowest BCUT2D eigenvalue weighted by molar-refractivity contribution is -0.736. The van der Waals surface area contributed by atoms with Crippen LogP contribution >= 0.6 is 0 Å². The summed E-state index contributed by atoms with van der Waals surface area (Å²) in [5.74, 6) is -4.05. The van der Waals surface area contributed by atoms with Crippen LogP contribution in [0.15, 0.2) is 10.8 Å². The van der Waals surface area contributed by atoms with Crippen molar-refractivity contribution < 1.29 is 42.9 Å². The van der Waals surface area contributed by atoms with E-state index in [4.69, 9.17) is 23.6 Å². The van der Waals surface area contributed by atoms with Crippen molar-refractivity contribution in [2.24, 2.45) is 0 Å². The maximum Gasteiger partial charge on any atom is 0.405 e. The van der Waals surface area contributed by atoms with Crippen LogP contribution < -0.4 is 0 Å². The van der Waals surface area contributed by atoms with Gasteiger partial charge in [-0.3, -0.25) is 10.0 Å². The van der Waals surface area contributed by atoms with Gasteiger partial charge in [0, 0.05) is 5.56 Å². The predicted octanol–water partition coefficient (Wildman–Crippen LogP) is 0.326. The molecule has 26 heavy (non-hydrogen) atoms. The van der Waals surface area contributed by atoms with Crippen molar-refractivity contribution in [3.05, 3.63) is 22.7 Å². The zero-order valence-electron chi connectivity index (χ0n) is 14.4. The summed E-state index contributed by atoms with van der Waals surface area (Å²) < 4.78 is 19.4. The molecule has 0 bridgehead atoms. The van der Waals surface area contributed by atoms with Gasteiger partial charge in [0.25, 0.3) is 0 Å². The van der Waals surface area contributed by atoms with Gasteiger partial charge in [0.15, 0.2) is 11.8 Å². The molecule has 142 valence electrons. The molecule has 2 rings (SSSR count). The number of hydrogen-bond acceptors (Lipinski definition) is 10. The van der Waals surface area contributed by atoms with Gasteiger partial charge in [-0.2, -0.15) is 0 Å². The second kappa shape index (κ2) is 8.32. The van der Waals surface area contributed by atoms with Crippen LogP contribution in [-0.2, 0) is 28.6 Å². The number of ether oxygens (including phenoxy) is 3. The largest absolute Gasteiger partial charge is 0.465 e. The number of aromatic nitrogens is 1. The molecule has 0 amide bonds. The minimum Gasteiger partial charge on any atom is -0.465 e. The van der Waals surface area contributed by atoms with E-state index in [1.54, 1.807) is 20.8 Å². The molecule has 1 aromatic rings. The SMILES string of the molecule is CCOC(=O)C1=[N+]([O-])O[C@@H](C(=O)OCC)[C@@H]1c1conc1C(=O)OCC. The van der Waals surface area contributed by atoms with Gasteiger partial charge in [-0.1, -0.05) is 5.16 Å². The fourth-order valence-corrected chi connectivity index (χ4v) is 2.42. The maximum atomic E-state index is 12.2. The van der Waals surface area contributed by atoms with E-state index in [0.29, 0.717) is 0 Å². The van der Waals surface area contributed by atoms with Crippen molar-refractivity contribution in [1.82, 2.24) is 5.16 Å². The minimum atomic E-state index is -1.51. The van der Waals surface area contributed by atoms with E-state index in [9.17, 15) is 19.6 Å². The normalized spacial score (nSPS) is 19.0. The number of rotatable bonds is 7. The molecule has 0 saturated heterocycles. The predicted molar refractivity (Wildman–Crippen MR) is 82.0 cm³/mol. The van der Waals surface area contributed by atoms with Crippen LogP contribution in [0.3, 0.4) is 0 Å². The van der Waals surface area contributed by atoms with Gasteiger partial charge in [-0.15, -0.1) is 0 Å². The average molecular weight is 370 g/mol. The van der Waals surface area contributed by atoms with Gasteiger partial charge in [-0.05, 0) is 20.8 Å². The molecule has 0 spiro atoms. The first-order valence-corrected chi connectivity index (χ1v) is 7.92. The molecule has 11 nitrogen and oxygen atoms in total. The van der Waals surface area contributed by atoms with Crippen LogP contribution in [0.25, 0.3) is 0 Å². The Labute approximate surface area is 148 Å². The maximum absolute atomic E-state index is 12.2. The van der Waals surface area contributed by atoms with Gasteiger partial charge in [0.05, 0.1) is 24.7 Å². The van der Waals surface area contributed by atoms with E-state index in [1.165, 1.54) is 0 Å². The summed E-state index contributed by atoms with van der Waals surface area (Å²) in [6.45, 7) is 4.78. The molecule has 11 heteroatoms. The molecule has 2 atom stereocenters. The van der Waals surface area contributed by atoms with Crippen LogP contribution in [0.2, 0.25) is 0 Å². The summed E-state index contributed by atoms with van der Waals surface area (Å²) >= 11 is 0. The number of esters is 3. The summed E-state index contributed by atoms with van der Waals surface area (Å²) in [5.41, 5.74) is -0.839. The number of hydrogen-bond donors (Lipinski definition) is 0. The third-order valence-electron chi connectivity index (χ3n) is 3.41. The van der Waals surface area contributed by atoms with Crippen molar-refractivity contribution in [3.63, 3.8) is 0 Å². The molecule has 1 aliphatic rings. The Morgan fingerprint density at radius 3 is 2.35 bits per heavy atom. The van der Waals surface area contributed by atoms with E-state index in [1.807, 2.05) is 0 Å². The van der Waals surface area contributed by atoms with Crippen LogP contribution in [0, 0.1) is 5.21 Å². The lowest BCUT2D eigenvalue weighted by Crippen LogP contribution is -2.35. The van der Waals surface area contributed by atoms with E-state index in [-0.39, 0.29) is 36.0 Å². The fraction of sp³-hybridized carbons (Fsp3) is 0.533. The monoisotopic (exact) mass is 370 g/mol. The molecule has 0 aliphatic carbocycles. The first kappa shape index (κ1) is 19.2. The van der Waals surface area contributed by atoms with E-state index < -0.39 is 35.6 Å². The second-order valence-electron chi connectivity index (χ2n) is 4.96. The Kier molecular flexibility index (Phi) is 6.15. The fourth-order valence-electron chi connectivity index (χ4n) is 2.42. The third-order valence-corrected chi connectivity index (χ3v) is 3.41. The van der Waals surface area contributed by atoms with Gasteiger partial charge < -0.3 is 23.6 Å². The summed E-state index contributed by atoms with van der Waals surface area (Å²) in [7, 11) is 0. The van der Waals surface area contributed by atoms with Gasteiger partial charge in [0.1, 0.15) is 12.2 Å². The smallest absolute Gasteiger partial charge is 0.405 e. The summed E-state index contributed by atoms with van der Waals surface area (Å²) in [6, 6.07) is 0. The standard InChI is InChI=1S/C15H18N2O9/c1-4-22-13(18)10-8(7-25-16-10)9-11(14(19)23-5-2)17(21)26-12(9)15(20)24-6-3/h7,9,12H,4-6H2,1-3H3/t9-,12-/m1/s1. The van der Waals surface area contributed by atoms with Gasteiger partial charge >= 0.3 is 23.6 Å². The molecular weight excluding hydrogens is 352 g/mol. The van der Waals surface area contributed by atoms with Crippen LogP contribution in [-0.4, -0.2) is 59.6 Å². The van der Waals surface area contributed by atoms with E-state index >= 15 is 0 Å². The first-order chi connectivity index (χ1) is 12.5. The Morgan fingerprint density at radius 2 is 1.73 bits per heavy atom. The van der Waals surface area contributed by atoms with Crippen molar-refractivity contribution in [3.8, 4) is 0 Å². The van der Waals surface area contributed by atoms with E-state index in [2.05, 4.69) is 5.16 Å². The number of nitrogens with zero attached hydrogens (tertiary/aromatic N) is 2. The summed E-state index contributed by atoms with van der Waals surface area (Å²) in [4.78, 5) is 41.2. The highest BCUT2D eigenvalue weighted by molar-refractivity contribution is 6.37. The Morgan fingerprint density at radius 1 is 1.12 bits per heavy atom. The highest BCUT2D eigenvalue weighted by Gasteiger charge is 2.52. The van der Waals surface area contributed by atoms with Crippen molar-refractivity contribution in [1.29, 1.82) is 0 Å². The first-order valence-electron chi connectivity index (χ1n) is 7.92. The van der Waals surface area contributed by atoms with Crippen LogP contribution in [0.1, 0.15) is 42.7 Å². The Hall–Kier alpha value is -3.11. The lowest BCUT2D eigenvalue weighted by atomic mass is 9.89.